The molecular weight excluding hydrogens is 222 g/mol. The van der Waals surface area contributed by atoms with Crippen molar-refractivity contribution < 1.29 is 9.53 Å². The highest BCUT2D eigenvalue weighted by Crippen LogP contribution is 2.29. The first-order chi connectivity index (χ1) is 8.20. The van der Waals surface area contributed by atoms with Gasteiger partial charge in [-0.15, -0.1) is 0 Å². The molecule has 17 heavy (non-hydrogen) atoms. The first-order valence-electron chi connectivity index (χ1n) is 5.54. The molecule has 92 valence electrons. The van der Waals surface area contributed by atoms with Gasteiger partial charge < -0.3 is 21.1 Å². The lowest BCUT2D eigenvalue weighted by Crippen LogP contribution is -2.29. The van der Waals surface area contributed by atoms with Gasteiger partial charge in [-0.1, -0.05) is 13.3 Å². The third kappa shape index (κ3) is 2.55. The molecule has 0 spiro atoms. The number of anilines is 3. The van der Waals surface area contributed by atoms with Crippen molar-refractivity contribution >= 4 is 23.2 Å². The van der Waals surface area contributed by atoms with Crippen LogP contribution in [-0.4, -0.2) is 29.0 Å². The molecule has 0 atom stereocenters. The lowest BCUT2D eigenvalue weighted by molar-refractivity contribution is -0.114. The Hall–Kier alpha value is -2.05. The molecule has 7 heteroatoms. The highest BCUT2D eigenvalue weighted by Gasteiger charge is 2.20. The maximum atomic E-state index is 11.2. The van der Waals surface area contributed by atoms with E-state index >= 15 is 0 Å². The van der Waals surface area contributed by atoms with Gasteiger partial charge in [0.1, 0.15) is 5.69 Å². The van der Waals surface area contributed by atoms with Gasteiger partial charge >= 0.3 is 6.01 Å². The number of hydrogen-bond donors (Lipinski definition) is 3. The summed E-state index contributed by atoms with van der Waals surface area (Å²) < 4.78 is 5.37. The fraction of sp³-hybridized carbons (Fsp3) is 0.500. The zero-order valence-electron chi connectivity index (χ0n) is 9.62. The molecule has 0 saturated heterocycles. The molecule has 4 N–H and O–H groups in total. The number of hydrogen-bond acceptors (Lipinski definition) is 6. The predicted molar refractivity (Wildman–Crippen MR) is 64.0 cm³/mol. The van der Waals surface area contributed by atoms with Crippen molar-refractivity contribution in [1.29, 1.82) is 0 Å². The van der Waals surface area contributed by atoms with E-state index in [0.29, 0.717) is 18.1 Å². The van der Waals surface area contributed by atoms with Crippen LogP contribution in [-0.2, 0) is 4.79 Å². The van der Waals surface area contributed by atoms with Gasteiger partial charge in [-0.05, 0) is 6.42 Å². The van der Waals surface area contributed by atoms with Gasteiger partial charge in [-0.3, -0.25) is 4.79 Å². The van der Waals surface area contributed by atoms with Gasteiger partial charge in [0.05, 0.1) is 13.2 Å². The van der Waals surface area contributed by atoms with Crippen molar-refractivity contribution in [2.24, 2.45) is 0 Å². The number of unbranched alkanes of at least 4 members (excludes halogenated alkanes) is 1. The Morgan fingerprint density at radius 1 is 1.47 bits per heavy atom. The number of rotatable bonds is 4. The van der Waals surface area contributed by atoms with Crippen molar-refractivity contribution in [2.45, 2.75) is 19.8 Å². The molecule has 0 radical (unpaired) electrons. The Balaban J connectivity index is 2.16. The summed E-state index contributed by atoms with van der Waals surface area (Å²) in [5.41, 5.74) is 6.14. The second kappa shape index (κ2) is 4.86. The largest absolute Gasteiger partial charge is 0.463 e. The van der Waals surface area contributed by atoms with Crippen LogP contribution in [0, 0.1) is 0 Å². The molecule has 1 aliphatic heterocycles. The summed E-state index contributed by atoms with van der Waals surface area (Å²) in [7, 11) is 0. The number of nitrogen functional groups attached to an aromatic ring is 1. The summed E-state index contributed by atoms with van der Waals surface area (Å²) in [6.45, 7) is 2.81. The Morgan fingerprint density at radius 3 is 3.06 bits per heavy atom. The molecule has 2 heterocycles. The molecule has 0 saturated carbocycles. The molecule has 2 rings (SSSR count). The number of carbonyl (C=O) groups is 1. The fourth-order valence-corrected chi connectivity index (χ4v) is 1.43. The standard InChI is InChI=1S/C10H15N5O2/c1-2-3-4-17-10-14-8(11)7-9(15-10)12-5-6(16)13-7/h2-5H2,1H3,(H,13,16)(H3,11,12,14,15). The maximum absolute atomic E-state index is 11.2. The summed E-state index contributed by atoms with van der Waals surface area (Å²) >= 11 is 0. The predicted octanol–water partition coefficient (Wildman–Crippen LogP) is 0.602. The maximum Gasteiger partial charge on any atom is 0.320 e. The van der Waals surface area contributed by atoms with Gasteiger partial charge in [0, 0.05) is 0 Å². The fourth-order valence-electron chi connectivity index (χ4n) is 1.43. The third-order valence-electron chi connectivity index (χ3n) is 2.33. The van der Waals surface area contributed by atoms with Crippen LogP contribution in [0.25, 0.3) is 0 Å². The number of nitrogens with two attached hydrogens (primary N) is 1. The van der Waals surface area contributed by atoms with Gasteiger partial charge in [0.15, 0.2) is 11.6 Å². The van der Waals surface area contributed by atoms with Crippen LogP contribution < -0.4 is 21.1 Å². The quantitative estimate of drug-likeness (QED) is 0.663. The van der Waals surface area contributed by atoms with E-state index in [1.165, 1.54) is 0 Å². The monoisotopic (exact) mass is 237 g/mol. The van der Waals surface area contributed by atoms with Crippen LogP contribution in [0.2, 0.25) is 0 Å². The first-order valence-corrected chi connectivity index (χ1v) is 5.54. The van der Waals surface area contributed by atoms with E-state index in [4.69, 9.17) is 10.5 Å². The second-order valence-corrected chi connectivity index (χ2v) is 3.72. The molecule has 0 bridgehead atoms. The third-order valence-corrected chi connectivity index (χ3v) is 2.33. The minimum Gasteiger partial charge on any atom is -0.463 e. The SMILES string of the molecule is CCCCOc1nc(N)c2c(n1)NCC(=O)N2. The van der Waals surface area contributed by atoms with Crippen LogP contribution in [0.5, 0.6) is 6.01 Å². The normalized spacial score (nSPS) is 13.6. The molecular formula is C10H15N5O2. The van der Waals surface area contributed by atoms with Crippen LogP contribution in [0.1, 0.15) is 19.8 Å². The van der Waals surface area contributed by atoms with E-state index in [0.717, 1.165) is 12.8 Å². The number of fused-ring (bicyclic) bond motifs is 1. The van der Waals surface area contributed by atoms with Crippen LogP contribution in [0.3, 0.4) is 0 Å². The molecule has 0 aromatic carbocycles. The number of nitrogens with zero attached hydrogens (tertiary/aromatic N) is 2. The Bertz CT molecular complexity index is 435. The Morgan fingerprint density at radius 2 is 2.29 bits per heavy atom. The smallest absolute Gasteiger partial charge is 0.320 e. The minimum atomic E-state index is -0.160. The molecule has 1 aromatic rings. The minimum absolute atomic E-state index is 0.160. The number of ether oxygens (including phenoxy) is 1. The summed E-state index contributed by atoms with van der Waals surface area (Å²) in [5.74, 6) is 0.554. The number of amides is 1. The van der Waals surface area contributed by atoms with E-state index in [1.54, 1.807) is 0 Å². The summed E-state index contributed by atoms with van der Waals surface area (Å²) in [4.78, 5) is 19.3. The molecule has 1 amide bonds. The molecule has 1 aliphatic rings. The molecule has 0 unspecified atom stereocenters. The van der Waals surface area contributed by atoms with Crippen LogP contribution >= 0.6 is 0 Å². The van der Waals surface area contributed by atoms with E-state index < -0.39 is 0 Å². The molecule has 0 fully saturated rings. The number of nitrogens with one attached hydrogen (secondary N) is 2. The van der Waals surface area contributed by atoms with Crippen molar-refractivity contribution in [2.75, 3.05) is 29.5 Å². The van der Waals surface area contributed by atoms with Crippen LogP contribution in [0.4, 0.5) is 17.3 Å². The average molecular weight is 237 g/mol. The van der Waals surface area contributed by atoms with Crippen LogP contribution in [0.15, 0.2) is 0 Å². The van der Waals surface area contributed by atoms with E-state index in [1.807, 2.05) is 0 Å². The second-order valence-electron chi connectivity index (χ2n) is 3.72. The van der Waals surface area contributed by atoms with Gasteiger partial charge in [0.2, 0.25) is 5.91 Å². The van der Waals surface area contributed by atoms with Crippen molar-refractivity contribution in [3.8, 4) is 6.01 Å². The highest BCUT2D eigenvalue weighted by molar-refractivity contribution is 6.02. The first kappa shape index (κ1) is 11.4. The topological polar surface area (TPSA) is 102 Å². The lowest BCUT2D eigenvalue weighted by atomic mass is 10.3. The molecule has 7 nitrogen and oxygen atoms in total. The van der Waals surface area contributed by atoms with E-state index in [9.17, 15) is 4.79 Å². The summed E-state index contributed by atoms with van der Waals surface area (Å²) in [6.07, 6.45) is 1.97. The number of carbonyl (C=O) groups excluding carboxylic acids is 1. The zero-order chi connectivity index (χ0) is 12.3. The van der Waals surface area contributed by atoms with E-state index in [-0.39, 0.29) is 24.3 Å². The zero-order valence-corrected chi connectivity index (χ0v) is 9.62. The van der Waals surface area contributed by atoms with Crippen molar-refractivity contribution in [3.63, 3.8) is 0 Å². The lowest BCUT2D eigenvalue weighted by Gasteiger charge is -2.19. The molecule has 0 aliphatic carbocycles. The Kier molecular flexibility index (Phi) is 3.27. The van der Waals surface area contributed by atoms with Gasteiger partial charge in [-0.25, -0.2) is 0 Å². The Labute approximate surface area is 98.8 Å². The average Bonchev–Trinajstić information content (AvgIpc) is 2.31. The van der Waals surface area contributed by atoms with Gasteiger partial charge in [-0.2, -0.15) is 9.97 Å². The van der Waals surface area contributed by atoms with Crippen molar-refractivity contribution in [3.05, 3.63) is 0 Å². The molecule has 1 aromatic heterocycles. The number of aromatic nitrogens is 2. The van der Waals surface area contributed by atoms with Gasteiger partial charge in [0.25, 0.3) is 0 Å². The summed E-state index contributed by atoms with van der Waals surface area (Å²) in [6, 6.07) is 0.235. The summed E-state index contributed by atoms with van der Waals surface area (Å²) in [5, 5.41) is 5.48. The highest BCUT2D eigenvalue weighted by atomic mass is 16.5. The van der Waals surface area contributed by atoms with Crippen molar-refractivity contribution in [1.82, 2.24) is 9.97 Å². The van der Waals surface area contributed by atoms with E-state index in [2.05, 4.69) is 27.5 Å².